The van der Waals surface area contributed by atoms with Gasteiger partial charge in [0, 0.05) is 13.2 Å². The molecule has 1 rings (SSSR count). The van der Waals surface area contributed by atoms with Crippen molar-refractivity contribution < 1.29 is 9.84 Å². The van der Waals surface area contributed by atoms with Gasteiger partial charge in [0.15, 0.2) is 0 Å². The number of rotatable bonds is 10. The molecule has 0 aliphatic carbocycles. The maximum absolute atomic E-state index is 9.80. The molecule has 1 saturated heterocycles. The Morgan fingerprint density at radius 2 is 2.05 bits per heavy atom. The van der Waals surface area contributed by atoms with Crippen molar-refractivity contribution in [3.05, 3.63) is 0 Å². The molecule has 1 heterocycles. The van der Waals surface area contributed by atoms with Crippen LogP contribution in [0.1, 0.15) is 39.5 Å². The van der Waals surface area contributed by atoms with E-state index in [0.29, 0.717) is 13.2 Å². The van der Waals surface area contributed by atoms with Crippen LogP contribution in [0.5, 0.6) is 0 Å². The third-order valence-corrected chi connectivity index (χ3v) is 4.58. The zero-order valence-corrected chi connectivity index (χ0v) is 13.4. The number of aliphatic hydroxyl groups is 1. The summed E-state index contributed by atoms with van der Waals surface area (Å²) in [4.78, 5) is 0. The van der Waals surface area contributed by atoms with Gasteiger partial charge in [0.2, 0.25) is 0 Å². The Hall–Kier alpha value is 0.230. The second-order valence-corrected chi connectivity index (χ2v) is 7.20. The van der Waals surface area contributed by atoms with Crippen LogP contribution in [0, 0.1) is 11.8 Å². The van der Waals surface area contributed by atoms with E-state index in [1.807, 2.05) is 0 Å². The van der Waals surface area contributed by atoms with E-state index in [2.05, 4.69) is 30.9 Å². The van der Waals surface area contributed by atoms with Gasteiger partial charge in [-0.3, -0.25) is 0 Å². The first-order valence-corrected chi connectivity index (χ1v) is 8.88. The average Bonchev–Trinajstić information content (AvgIpc) is 2.39. The first-order chi connectivity index (χ1) is 9.18. The number of aliphatic hydroxyl groups excluding tert-OH is 1. The Morgan fingerprint density at radius 1 is 1.32 bits per heavy atom. The highest BCUT2D eigenvalue weighted by molar-refractivity contribution is 7.99. The summed E-state index contributed by atoms with van der Waals surface area (Å²) in [6.45, 7) is 7.39. The fourth-order valence-electron chi connectivity index (χ4n) is 2.28. The molecular formula is C15H31NO2S. The van der Waals surface area contributed by atoms with Crippen molar-refractivity contribution in [3.8, 4) is 0 Å². The lowest BCUT2D eigenvalue weighted by atomic mass is 10.0. The molecule has 0 saturated carbocycles. The average molecular weight is 289 g/mol. The van der Waals surface area contributed by atoms with Gasteiger partial charge in [-0.25, -0.2) is 0 Å². The Morgan fingerprint density at radius 3 is 2.74 bits per heavy atom. The highest BCUT2D eigenvalue weighted by atomic mass is 32.2. The highest BCUT2D eigenvalue weighted by Gasteiger charge is 2.13. The van der Waals surface area contributed by atoms with E-state index in [0.717, 1.165) is 31.4 Å². The zero-order chi connectivity index (χ0) is 13.9. The lowest BCUT2D eigenvalue weighted by Crippen LogP contribution is -2.34. The molecule has 0 aromatic rings. The second-order valence-electron chi connectivity index (χ2n) is 5.98. The Kier molecular flexibility index (Phi) is 9.96. The molecule has 114 valence electrons. The molecule has 0 bridgehead atoms. The van der Waals surface area contributed by atoms with Crippen molar-refractivity contribution in [3.63, 3.8) is 0 Å². The molecule has 3 nitrogen and oxygen atoms in total. The summed E-state index contributed by atoms with van der Waals surface area (Å²) in [7, 11) is 0. The molecule has 0 aromatic carbocycles. The van der Waals surface area contributed by atoms with Gasteiger partial charge in [-0.15, -0.1) is 0 Å². The summed E-state index contributed by atoms with van der Waals surface area (Å²) < 4.78 is 5.50. The molecule has 1 unspecified atom stereocenters. The third-order valence-electron chi connectivity index (χ3n) is 3.53. The van der Waals surface area contributed by atoms with Gasteiger partial charge in [0.1, 0.15) is 0 Å². The van der Waals surface area contributed by atoms with E-state index >= 15 is 0 Å². The molecule has 4 heteroatoms. The largest absolute Gasteiger partial charge is 0.389 e. The lowest BCUT2D eigenvalue weighted by Gasteiger charge is -2.22. The van der Waals surface area contributed by atoms with Crippen LogP contribution in [0.25, 0.3) is 0 Å². The van der Waals surface area contributed by atoms with Crippen molar-refractivity contribution in [2.24, 2.45) is 11.8 Å². The van der Waals surface area contributed by atoms with Gasteiger partial charge in [-0.1, -0.05) is 13.8 Å². The quantitative estimate of drug-likeness (QED) is 0.607. The number of hydrogen-bond acceptors (Lipinski definition) is 4. The van der Waals surface area contributed by atoms with Crippen LogP contribution < -0.4 is 5.32 Å². The van der Waals surface area contributed by atoms with Crippen molar-refractivity contribution in [1.82, 2.24) is 5.32 Å². The minimum atomic E-state index is -0.364. The van der Waals surface area contributed by atoms with Crippen LogP contribution in [0.4, 0.5) is 0 Å². The Balaban J connectivity index is 1.88. The zero-order valence-electron chi connectivity index (χ0n) is 12.6. The second kappa shape index (κ2) is 11.0. The van der Waals surface area contributed by atoms with E-state index in [1.54, 1.807) is 0 Å². The van der Waals surface area contributed by atoms with Crippen LogP contribution in [-0.4, -0.2) is 49.0 Å². The summed E-state index contributed by atoms with van der Waals surface area (Å²) in [6.07, 6.45) is 4.57. The Labute approximate surface area is 122 Å². The summed E-state index contributed by atoms with van der Waals surface area (Å²) >= 11 is 2.06. The standard InChI is InChI=1S/C15H31NO2S/c1-13(2)4-3-7-18-12-15(17)11-16-10-14-5-8-19-9-6-14/h13-17H,3-12H2,1-2H3. The molecule has 1 aliphatic rings. The first-order valence-electron chi connectivity index (χ1n) is 7.72. The summed E-state index contributed by atoms with van der Waals surface area (Å²) in [5, 5.41) is 13.2. The topological polar surface area (TPSA) is 41.5 Å². The summed E-state index contributed by atoms with van der Waals surface area (Å²) in [6, 6.07) is 0. The summed E-state index contributed by atoms with van der Waals surface area (Å²) in [5.74, 6) is 4.14. The van der Waals surface area contributed by atoms with Crippen LogP contribution in [0.2, 0.25) is 0 Å². The van der Waals surface area contributed by atoms with Crippen LogP contribution in [0.15, 0.2) is 0 Å². The van der Waals surface area contributed by atoms with E-state index in [9.17, 15) is 5.11 Å². The maximum atomic E-state index is 9.80. The fourth-order valence-corrected chi connectivity index (χ4v) is 3.48. The molecule has 19 heavy (non-hydrogen) atoms. The van der Waals surface area contributed by atoms with E-state index < -0.39 is 0 Å². The number of ether oxygens (including phenoxy) is 1. The lowest BCUT2D eigenvalue weighted by molar-refractivity contribution is 0.0344. The van der Waals surface area contributed by atoms with Gasteiger partial charge in [-0.2, -0.15) is 11.8 Å². The molecule has 0 spiro atoms. The molecule has 1 aliphatic heterocycles. The van der Waals surface area contributed by atoms with Gasteiger partial charge in [-0.05, 0) is 55.6 Å². The number of thioether (sulfide) groups is 1. The Bertz CT molecular complexity index is 208. The first kappa shape index (κ1) is 17.3. The smallest absolute Gasteiger partial charge is 0.0897 e. The van der Waals surface area contributed by atoms with Crippen LogP contribution in [-0.2, 0) is 4.74 Å². The molecule has 1 atom stereocenters. The minimum Gasteiger partial charge on any atom is -0.389 e. The van der Waals surface area contributed by atoms with E-state index in [1.165, 1.54) is 30.8 Å². The third kappa shape index (κ3) is 9.72. The van der Waals surface area contributed by atoms with Gasteiger partial charge < -0.3 is 15.2 Å². The molecule has 2 N–H and O–H groups in total. The van der Waals surface area contributed by atoms with E-state index in [-0.39, 0.29) is 6.10 Å². The predicted octanol–water partition coefficient (Wildman–Crippen LogP) is 2.53. The van der Waals surface area contributed by atoms with Crippen molar-refractivity contribution in [1.29, 1.82) is 0 Å². The fraction of sp³-hybridized carbons (Fsp3) is 1.00. The van der Waals surface area contributed by atoms with Crippen LogP contribution >= 0.6 is 11.8 Å². The van der Waals surface area contributed by atoms with Crippen molar-refractivity contribution >= 4 is 11.8 Å². The highest BCUT2D eigenvalue weighted by Crippen LogP contribution is 2.21. The molecular weight excluding hydrogens is 258 g/mol. The van der Waals surface area contributed by atoms with Crippen molar-refractivity contribution in [2.75, 3.05) is 37.8 Å². The number of hydrogen-bond donors (Lipinski definition) is 2. The SMILES string of the molecule is CC(C)CCCOCC(O)CNCC1CCSCC1. The molecule has 0 radical (unpaired) electrons. The van der Waals surface area contributed by atoms with Crippen molar-refractivity contribution in [2.45, 2.75) is 45.6 Å². The maximum Gasteiger partial charge on any atom is 0.0897 e. The molecule has 1 fully saturated rings. The normalized spacial score (nSPS) is 18.9. The van der Waals surface area contributed by atoms with E-state index in [4.69, 9.17) is 4.74 Å². The van der Waals surface area contributed by atoms with Gasteiger partial charge in [0.05, 0.1) is 12.7 Å². The summed E-state index contributed by atoms with van der Waals surface area (Å²) in [5.41, 5.74) is 0. The number of nitrogens with one attached hydrogen (secondary N) is 1. The van der Waals surface area contributed by atoms with Gasteiger partial charge in [0.25, 0.3) is 0 Å². The minimum absolute atomic E-state index is 0.364. The van der Waals surface area contributed by atoms with Gasteiger partial charge >= 0.3 is 0 Å². The van der Waals surface area contributed by atoms with Crippen LogP contribution in [0.3, 0.4) is 0 Å². The molecule has 0 amide bonds. The predicted molar refractivity (Wildman–Crippen MR) is 83.8 cm³/mol. The monoisotopic (exact) mass is 289 g/mol. The molecule has 0 aromatic heterocycles.